The quantitative estimate of drug-likeness (QED) is 0.223. The number of amides is 1. The van der Waals surface area contributed by atoms with Crippen molar-refractivity contribution in [1.82, 2.24) is 15.0 Å². The standard InChI is InChI=1S/C22H29FN6O6/c1-6-7-10-34-20-25-18(24)17(29(32)33)19(26-20)28(27(5)21(31)35-22(2,3)4)12-14-8-9-16(23)15(11-14)13-30/h8-9,11,13H,6-7,10,12H2,1-5H3,(H2,24,25,26). The smallest absolute Gasteiger partial charge is 0.429 e. The van der Waals surface area contributed by atoms with Gasteiger partial charge in [-0.25, -0.2) is 14.2 Å². The first-order valence-corrected chi connectivity index (χ1v) is 10.8. The predicted octanol–water partition coefficient (Wildman–Crippen LogP) is 3.89. The number of unbranched alkanes of at least 4 members (excludes halogenated alkanes) is 1. The van der Waals surface area contributed by atoms with Gasteiger partial charge in [0.15, 0.2) is 6.29 Å². The second-order valence-corrected chi connectivity index (χ2v) is 8.56. The van der Waals surface area contributed by atoms with Crippen molar-refractivity contribution in [3.8, 4) is 6.01 Å². The van der Waals surface area contributed by atoms with Crippen LogP contribution >= 0.6 is 0 Å². The number of halogens is 1. The number of nitrogens with zero attached hydrogens (tertiary/aromatic N) is 5. The Morgan fingerprint density at radius 3 is 2.57 bits per heavy atom. The molecule has 0 atom stereocenters. The van der Waals surface area contributed by atoms with Crippen LogP contribution in [0.2, 0.25) is 0 Å². The molecule has 2 N–H and O–H groups in total. The number of anilines is 2. The lowest BCUT2D eigenvalue weighted by molar-refractivity contribution is -0.383. The summed E-state index contributed by atoms with van der Waals surface area (Å²) >= 11 is 0. The number of hydrazine groups is 1. The van der Waals surface area contributed by atoms with Crippen LogP contribution < -0.4 is 15.5 Å². The van der Waals surface area contributed by atoms with Gasteiger partial charge >= 0.3 is 17.8 Å². The summed E-state index contributed by atoms with van der Waals surface area (Å²) < 4.78 is 24.7. The molecule has 0 fully saturated rings. The third kappa shape index (κ3) is 7.22. The molecule has 13 heteroatoms. The molecule has 0 spiro atoms. The average molecular weight is 493 g/mol. The van der Waals surface area contributed by atoms with E-state index in [-0.39, 0.29) is 30.5 Å². The van der Waals surface area contributed by atoms with Crippen LogP contribution in [0.25, 0.3) is 0 Å². The van der Waals surface area contributed by atoms with Gasteiger partial charge in [0.25, 0.3) is 0 Å². The number of aromatic nitrogens is 2. The van der Waals surface area contributed by atoms with E-state index in [0.717, 1.165) is 22.5 Å². The highest BCUT2D eigenvalue weighted by molar-refractivity contribution is 5.76. The first-order valence-electron chi connectivity index (χ1n) is 10.8. The number of nitrogens with two attached hydrogens (primary N) is 1. The second kappa shape index (κ2) is 11.4. The summed E-state index contributed by atoms with van der Waals surface area (Å²) in [6.45, 7) is 6.94. The maximum absolute atomic E-state index is 13.9. The van der Waals surface area contributed by atoms with Crippen LogP contribution in [0.4, 0.5) is 26.5 Å². The first-order chi connectivity index (χ1) is 16.4. The van der Waals surface area contributed by atoms with Crippen molar-refractivity contribution < 1.29 is 28.4 Å². The Bertz CT molecular complexity index is 1090. The van der Waals surface area contributed by atoms with Crippen molar-refractivity contribution in [1.29, 1.82) is 0 Å². The van der Waals surface area contributed by atoms with E-state index in [9.17, 15) is 24.1 Å². The molecule has 0 unspecified atom stereocenters. The Morgan fingerprint density at radius 2 is 2.00 bits per heavy atom. The Morgan fingerprint density at radius 1 is 1.31 bits per heavy atom. The number of hydrogen-bond acceptors (Lipinski definition) is 10. The lowest BCUT2D eigenvalue weighted by Gasteiger charge is -2.34. The fraction of sp³-hybridized carbons (Fsp3) is 0.455. The molecule has 190 valence electrons. The highest BCUT2D eigenvalue weighted by Crippen LogP contribution is 2.34. The summed E-state index contributed by atoms with van der Waals surface area (Å²) in [7, 11) is 1.32. The monoisotopic (exact) mass is 492 g/mol. The predicted molar refractivity (Wildman–Crippen MR) is 125 cm³/mol. The summed E-state index contributed by atoms with van der Waals surface area (Å²) in [5.74, 6) is -1.55. The van der Waals surface area contributed by atoms with Gasteiger partial charge in [-0.1, -0.05) is 19.4 Å². The fourth-order valence-electron chi connectivity index (χ4n) is 2.87. The molecule has 0 aliphatic rings. The van der Waals surface area contributed by atoms with Crippen LogP contribution in [0.3, 0.4) is 0 Å². The molecule has 1 amide bonds. The zero-order valence-corrected chi connectivity index (χ0v) is 20.3. The van der Waals surface area contributed by atoms with Gasteiger partial charge in [0.2, 0.25) is 11.6 Å². The molecule has 0 aliphatic carbocycles. The molecule has 2 rings (SSSR count). The summed E-state index contributed by atoms with van der Waals surface area (Å²) in [6, 6.07) is 3.49. The van der Waals surface area contributed by atoms with Crippen LogP contribution in [-0.4, -0.2) is 51.5 Å². The van der Waals surface area contributed by atoms with Crippen molar-refractivity contribution in [2.75, 3.05) is 24.4 Å². The highest BCUT2D eigenvalue weighted by atomic mass is 19.1. The first kappa shape index (κ1) is 27.2. The summed E-state index contributed by atoms with van der Waals surface area (Å²) in [4.78, 5) is 43.2. The number of benzene rings is 1. The topological polar surface area (TPSA) is 154 Å². The Labute approximate surface area is 202 Å². The Balaban J connectivity index is 2.64. The molecular weight excluding hydrogens is 463 g/mol. The van der Waals surface area contributed by atoms with Gasteiger partial charge in [-0.3, -0.25) is 19.9 Å². The number of ether oxygens (including phenoxy) is 2. The van der Waals surface area contributed by atoms with Crippen LogP contribution in [0.15, 0.2) is 18.2 Å². The second-order valence-electron chi connectivity index (χ2n) is 8.56. The molecule has 1 heterocycles. The average Bonchev–Trinajstić information content (AvgIpc) is 2.76. The molecule has 1 aromatic carbocycles. The van der Waals surface area contributed by atoms with E-state index in [1.165, 1.54) is 19.2 Å². The van der Waals surface area contributed by atoms with E-state index < -0.39 is 33.9 Å². The van der Waals surface area contributed by atoms with Crippen molar-refractivity contribution in [2.24, 2.45) is 0 Å². The molecule has 0 saturated heterocycles. The third-order valence-electron chi connectivity index (χ3n) is 4.57. The Kier molecular flexibility index (Phi) is 8.87. The molecule has 35 heavy (non-hydrogen) atoms. The SMILES string of the molecule is CCCCOc1nc(N)c([N+](=O)[O-])c(N(Cc2ccc(F)c(C=O)c2)N(C)C(=O)OC(C)(C)C)n1. The van der Waals surface area contributed by atoms with E-state index in [1.54, 1.807) is 20.8 Å². The van der Waals surface area contributed by atoms with Crippen LogP contribution in [-0.2, 0) is 11.3 Å². The number of hydrogen-bond donors (Lipinski definition) is 1. The minimum atomic E-state index is -0.872. The lowest BCUT2D eigenvalue weighted by Crippen LogP contribution is -2.46. The highest BCUT2D eigenvalue weighted by Gasteiger charge is 2.33. The summed E-state index contributed by atoms with van der Waals surface area (Å²) in [6.07, 6.45) is 0.995. The number of carbonyl (C=O) groups excluding carboxylic acids is 2. The third-order valence-corrected chi connectivity index (χ3v) is 4.57. The normalized spacial score (nSPS) is 11.0. The number of aldehydes is 1. The van der Waals surface area contributed by atoms with Crippen LogP contribution in [0.1, 0.15) is 56.5 Å². The summed E-state index contributed by atoms with van der Waals surface area (Å²) in [5.41, 5.74) is 4.46. The molecule has 2 aromatic rings. The number of nitro groups is 1. The van der Waals surface area contributed by atoms with E-state index in [1.807, 2.05) is 6.92 Å². The zero-order valence-electron chi connectivity index (χ0n) is 20.3. The van der Waals surface area contributed by atoms with Crippen LogP contribution in [0.5, 0.6) is 6.01 Å². The van der Waals surface area contributed by atoms with Crippen molar-refractivity contribution >= 4 is 29.7 Å². The van der Waals surface area contributed by atoms with Crippen molar-refractivity contribution in [3.63, 3.8) is 0 Å². The van der Waals surface area contributed by atoms with E-state index in [2.05, 4.69) is 9.97 Å². The maximum atomic E-state index is 13.9. The number of nitrogen functional groups attached to an aromatic ring is 1. The van der Waals surface area contributed by atoms with Gasteiger partial charge in [-0.15, -0.1) is 0 Å². The largest absolute Gasteiger partial charge is 0.463 e. The zero-order chi connectivity index (χ0) is 26.3. The number of carbonyl (C=O) groups is 2. The van der Waals surface area contributed by atoms with Gasteiger partial charge < -0.3 is 15.2 Å². The molecule has 0 saturated carbocycles. The maximum Gasteiger partial charge on any atom is 0.429 e. The summed E-state index contributed by atoms with van der Waals surface area (Å²) in [5, 5.41) is 14.0. The molecular formula is C22H29FN6O6. The Hall–Kier alpha value is -4.03. The van der Waals surface area contributed by atoms with Crippen molar-refractivity contribution in [3.05, 3.63) is 45.3 Å². The van der Waals surface area contributed by atoms with Gasteiger partial charge in [-0.2, -0.15) is 9.97 Å². The van der Waals surface area contributed by atoms with E-state index >= 15 is 0 Å². The van der Waals surface area contributed by atoms with Crippen molar-refractivity contribution in [2.45, 2.75) is 52.7 Å². The van der Waals surface area contributed by atoms with E-state index in [0.29, 0.717) is 18.3 Å². The van der Waals surface area contributed by atoms with Crippen LogP contribution in [0, 0.1) is 15.9 Å². The lowest BCUT2D eigenvalue weighted by atomic mass is 10.1. The van der Waals surface area contributed by atoms with Gasteiger partial charge in [0.05, 0.1) is 23.6 Å². The minimum Gasteiger partial charge on any atom is -0.463 e. The van der Waals surface area contributed by atoms with Gasteiger partial charge in [-0.05, 0) is 44.9 Å². The van der Waals surface area contributed by atoms with Gasteiger partial charge in [0.1, 0.15) is 11.4 Å². The minimum absolute atomic E-state index is 0.216. The molecule has 12 nitrogen and oxygen atoms in total. The fourth-order valence-corrected chi connectivity index (χ4v) is 2.87. The molecule has 0 aliphatic heterocycles. The molecule has 1 aromatic heterocycles. The van der Waals surface area contributed by atoms with E-state index in [4.69, 9.17) is 15.2 Å². The molecule has 0 bridgehead atoms. The molecule has 0 radical (unpaired) electrons. The van der Waals surface area contributed by atoms with Gasteiger partial charge in [0, 0.05) is 7.05 Å². The number of rotatable bonds is 10.